The number of carbonyl (C=O) groups is 1. The Morgan fingerprint density at radius 2 is 1.56 bits per heavy atom. The van der Waals surface area contributed by atoms with Crippen molar-refractivity contribution in [3.05, 3.63) is 0 Å². The van der Waals surface area contributed by atoms with Crippen molar-refractivity contribution in [1.82, 2.24) is 0 Å². The van der Waals surface area contributed by atoms with E-state index >= 15 is 0 Å². The molecule has 0 radical (unpaired) electrons. The number of carboxylic acids is 1. The second kappa shape index (κ2) is 4.49. The normalized spacial score (nSPS) is 16.0. The van der Waals surface area contributed by atoms with Crippen molar-refractivity contribution in [1.29, 1.82) is 0 Å². The second-order valence-electron chi connectivity index (χ2n) is 6.53. The monoisotopic (exact) mass is 246 g/mol. The summed E-state index contributed by atoms with van der Waals surface area (Å²) in [5.41, 5.74) is -0.616. The van der Waals surface area contributed by atoms with Gasteiger partial charge >= 0.3 is 5.97 Å². The average molecular weight is 246 g/mol. The second-order valence-corrected chi connectivity index (χ2v) is 11.3. The maximum atomic E-state index is 11.0. The number of aliphatic carboxylic acids is 1. The highest BCUT2D eigenvalue weighted by molar-refractivity contribution is 6.74. The van der Waals surface area contributed by atoms with E-state index in [1.807, 2.05) is 13.8 Å². The minimum absolute atomic E-state index is 0.0997. The van der Waals surface area contributed by atoms with Gasteiger partial charge in [0.25, 0.3) is 0 Å². The standard InChI is InChI=1S/C12H26O3Si/c1-9(10(13)14)12(5,6)15-16(7,8)11(2,3)4/h9H,1-8H3,(H,13,14)/t9-/m1/s1. The summed E-state index contributed by atoms with van der Waals surface area (Å²) in [6.45, 7) is 16.2. The van der Waals surface area contributed by atoms with Gasteiger partial charge in [-0.05, 0) is 38.9 Å². The van der Waals surface area contributed by atoms with Crippen molar-refractivity contribution in [3.8, 4) is 0 Å². The summed E-state index contributed by atoms with van der Waals surface area (Å²) in [6, 6.07) is 0. The molecule has 0 spiro atoms. The lowest BCUT2D eigenvalue weighted by Crippen LogP contribution is -2.51. The highest BCUT2D eigenvalue weighted by Gasteiger charge is 2.44. The van der Waals surface area contributed by atoms with Crippen molar-refractivity contribution in [2.75, 3.05) is 0 Å². The van der Waals surface area contributed by atoms with Crippen LogP contribution in [0, 0.1) is 5.92 Å². The quantitative estimate of drug-likeness (QED) is 0.772. The molecule has 0 heterocycles. The molecule has 3 nitrogen and oxygen atoms in total. The molecule has 0 saturated heterocycles. The molecule has 0 fully saturated rings. The van der Waals surface area contributed by atoms with E-state index in [-0.39, 0.29) is 5.04 Å². The van der Waals surface area contributed by atoms with Crippen LogP contribution in [0.3, 0.4) is 0 Å². The lowest BCUT2D eigenvalue weighted by atomic mass is 9.93. The van der Waals surface area contributed by atoms with Crippen LogP contribution in [-0.4, -0.2) is 25.0 Å². The Morgan fingerprint density at radius 3 is 1.81 bits per heavy atom. The molecule has 0 unspecified atom stereocenters. The third kappa shape index (κ3) is 3.59. The Kier molecular flexibility index (Phi) is 4.39. The Labute approximate surface area is 100 Å². The smallest absolute Gasteiger partial charge is 0.309 e. The summed E-state index contributed by atoms with van der Waals surface area (Å²) in [5.74, 6) is -1.30. The molecule has 0 aliphatic carbocycles. The van der Waals surface area contributed by atoms with Crippen molar-refractivity contribution >= 4 is 14.3 Å². The van der Waals surface area contributed by atoms with Gasteiger partial charge < -0.3 is 9.53 Å². The minimum atomic E-state index is -1.91. The molecule has 16 heavy (non-hydrogen) atoms. The van der Waals surface area contributed by atoms with E-state index in [0.717, 1.165) is 0 Å². The van der Waals surface area contributed by atoms with Crippen LogP contribution in [-0.2, 0) is 9.22 Å². The van der Waals surface area contributed by atoms with Crippen molar-refractivity contribution < 1.29 is 14.3 Å². The topological polar surface area (TPSA) is 46.5 Å². The van der Waals surface area contributed by atoms with Crippen LogP contribution in [0.2, 0.25) is 18.1 Å². The van der Waals surface area contributed by atoms with E-state index in [1.165, 1.54) is 0 Å². The zero-order valence-corrected chi connectivity index (χ0v) is 12.8. The Morgan fingerprint density at radius 1 is 1.19 bits per heavy atom. The maximum Gasteiger partial charge on any atom is 0.309 e. The Balaban J connectivity index is 4.91. The first-order valence-electron chi connectivity index (χ1n) is 5.74. The molecule has 0 aromatic heterocycles. The summed E-state index contributed by atoms with van der Waals surface area (Å²) in [4.78, 5) is 11.0. The van der Waals surface area contributed by atoms with E-state index in [4.69, 9.17) is 9.53 Å². The molecule has 0 aromatic rings. The lowest BCUT2D eigenvalue weighted by Gasteiger charge is -2.44. The molecule has 0 amide bonds. The van der Waals surface area contributed by atoms with E-state index in [9.17, 15) is 4.79 Å². The van der Waals surface area contributed by atoms with Gasteiger partial charge in [0.05, 0.1) is 11.5 Å². The molecule has 4 heteroatoms. The van der Waals surface area contributed by atoms with Gasteiger partial charge in [0.2, 0.25) is 0 Å². The van der Waals surface area contributed by atoms with E-state index in [2.05, 4.69) is 33.9 Å². The average Bonchev–Trinajstić information content (AvgIpc) is 1.98. The zero-order valence-electron chi connectivity index (χ0n) is 11.8. The minimum Gasteiger partial charge on any atom is -0.481 e. The first-order chi connectivity index (χ1) is 6.81. The van der Waals surface area contributed by atoms with E-state index in [0.29, 0.717) is 0 Å². The first-order valence-corrected chi connectivity index (χ1v) is 8.65. The molecule has 0 rings (SSSR count). The van der Waals surface area contributed by atoms with Crippen LogP contribution in [0.5, 0.6) is 0 Å². The van der Waals surface area contributed by atoms with Gasteiger partial charge in [0.15, 0.2) is 8.32 Å². The van der Waals surface area contributed by atoms with Gasteiger partial charge in [0.1, 0.15) is 0 Å². The predicted octanol–water partition coefficient (Wildman–Crippen LogP) is 3.51. The SMILES string of the molecule is C[C@H](C(=O)O)C(C)(C)O[Si](C)(C)C(C)(C)C. The number of hydrogen-bond acceptors (Lipinski definition) is 2. The zero-order chi connectivity index (χ0) is 13.4. The van der Waals surface area contributed by atoms with Crippen LogP contribution in [0.1, 0.15) is 41.5 Å². The summed E-state index contributed by atoms with van der Waals surface area (Å²) in [7, 11) is -1.91. The Bertz CT molecular complexity index is 264. The van der Waals surface area contributed by atoms with Crippen LogP contribution in [0.25, 0.3) is 0 Å². The molecule has 1 N–H and O–H groups in total. The summed E-state index contributed by atoms with van der Waals surface area (Å²) in [6.07, 6.45) is 0. The molecule has 1 atom stereocenters. The number of hydrogen-bond donors (Lipinski definition) is 1. The Hall–Kier alpha value is -0.353. The molecular formula is C12H26O3Si. The van der Waals surface area contributed by atoms with Crippen LogP contribution in [0.15, 0.2) is 0 Å². The van der Waals surface area contributed by atoms with Gasteiger partial charge in [-0.1, -0.05) is 20.8 Å². The van der Waals surface area contributed by atoms with Gasteiger partial charge in [-0.25, -0.2) is 0 Å². The molecule has 0 aliphatic rings. The largest absolute Gasteiger partial charge is 0.481 e. The molecule has 0 aromatic carbocycles. The molecule has 0 aliphatic heterocycles. The predicted molar refractivity (Wildman–Crippen MR) is 69.2 cm³/mol. The fraction of sp³-hybridized carbons (Fsp3) is 0.917. The third-order valence-corrected chi connectivity index (χ3v) is 8.39. The lowest BCUT2D eigenvalue weighted by molar-refractivity contribution is -0.147. The summed E-state index contributed by atoms with van der Waals surface area (Å²) >= 11 is 0. The van der Waals surface area contributed by atoms with Crippen molar-refractivity contribution in [2.45, 2.75) is 65.3 Å². The van der Waals surface area contributed by atoms with Crippen LogP contribution < -0.4 is 0 Å². The molecule has 96 valence electrons. The molecular weight excluding hydrogens is 220 g/mol. The highest BCUT2D eigenvalue weighted by Crippen LogP contribution is 2.40. The van der Waals surface area contributed by atoms with E-state index in [1.54, 1.807) is 6.92 Å². The van der Waals surface area contributed by atoms with E-state index < -0.39 is 25.8 Å². The summed E-state index contributed by atoms with van der Waals surface area (Å²) in [5, 5.41) is 9.15. The first kappa shape index (κ1) is 15.6. The fourth-order valence-electron chi connectivity index (χ4n) is 1.20. The number of carboxylic acid groups (broad SMARTS) is 1. The van der Waals surface area contributed by atoms with Gasteiger partial charge in [-0.2, -0.15) is 0 Å². The highest BCUT2D eigenvalue weighted by atomic mass is 28.4. The van der Waals surface area contributed by atoms with Gasteiger partial charge in [-0.15, -0.1) is 0 Å². The number of rotatable bonds is 4. The molecule has 0 saturated carbocycles. The van der Waals surface area contributed by atoms with Gasteiger partial charge in [0, 0.05) is 0 Å². The van der Waals surface area contributed by atoms with Crippen molar-refractivity contribution in [2.24, 2.45) is 5.92 Å². The fourth-order valence-corrected chi connectivity index (χ4v) is 2.99. The summed E-state index contributed by atoms with van der Waals surface area (Å²) < 4.78 is 6.17. The van der Waals surface area contributed by atoms with Crippen LogP contribution >= 0.6 is 0 Å². The van der Waals surface area contributed by atoms with Crippen molar-refractivity contribution in [3.63, 3.8) is 0 Å². The maximum absolute atomic E-state index is 11.0. The third-order valence-electron chi connectivity index (χ3n) is 3.74. The van der Waals surface area contributed by atoms with Gasteiger partial charge in [-0.3, -0.25) is 4.79 Å². The van der Waals surface area contributed by atoms with Crippen LogP contribution in [0.4, 0.5) is 0 Å². The molecule has 0 bridgehead atoms.